The Balaban J connectivity index is 1.99. The van der Waals surface area contributed by atoms with E-state index in [4.69, 9.17) is 9.47 Å². The summed E-state index contributed by atoms with van der Waals surface area (Å²) in [5.41, 5.74) is 1.01. The largest absolute Gasteiger partial charge is 0.352 e. The first kappa shape index (κ1) is 15.0. The van der Waals surface area contributed by atoms with Crippen LogP contribution in [0.15, 0.2) is 29.2 Å². The molecule has 20 heavy (non-hydrogen) atoms. The number of thioether (sulfide) groups is 1. The molecule has 2 rings (SSSR count). The first-order valence-electron chi connectivity index (χ1n) is 6.29. The van der Waals surface area contributed by atoms with Crippen LogP contribution in [0.5, 0.6) is 0 Å². The Morgan fingerprint density at radius 2 is 1.80 bits per heavy atom. The highest BCUT2D eigenvalue weighted by molar-refractivity contribution is 7.98. The van der Waals surface area contributed by atoms with Gasteiger partial charge in [0.1, 0.15) is 11.6 Å². The molecule has 0 aliphatic rings. The van der Waals surface area contributed by atoms with Crippen LogP contribution in [0.2, 0.25) is 0 Å². The van der Waals surface area contributed by atoms with Gasteiger partial charge in [0, 0.05) is 31.7 Å². The van der Waals surface area contributed by atoms with E-state index in [1.54, 1.807) is 26.0 Å². The highest BCUT2D eigenvalue weighted by atomic mass is 32.2. The fraction of sp³-hybridized carbons (Fsp3) is 0.429. The Bertz CT molecular complexity index is 550. The number of hydrogen-bond acceptors (Lipinski definition) is 5. The van der Waals surface area contributed by atoms with Gasteiger partial charge in [0.15, 0.2) is 6.29 Å². The average Bonchev–Trinajstić information content (AvgIpc) is 2.79. The van der Waals surface area contributed by atoms with E-state index in [0.29, 0.717) is 0 Å². The van der Waals surface area contributed by atoms with Crippen molar-refractivity contribution in [1.29, 1.82) is 0 Å². The lowest BCUT2D eigenvalue weighted by molar-refractivity contribution is -0.106. The first-order valence-corrected chi connectivity index (χ1v) is 7.27. The molecule has 0 spiro atoms. The topological polar surface area (TPSA) is 49.2 Å². The second kappa shape index (κ2) is 6.88. The molecule has 108 valence electrons. The summed E-state index contributed by atoms with van der Waals surface area (Å²) in [5, 5.41) is 8.21. The molecule has 6 heteroatoms. The van der Waals surface area contributed by atoms with E-state index in [1.807, 2.05) is 30.7 Å². The number of ether oxygens (including phenoxy) is 2. The molecule has 0 radical (unpaired) electrons. The molecular formula is C14H19N3O2S. The van der Waals surface area contributed by atoms with Crippen LogP contribution in [-0.2, 0) is 22.3 Å². The summed E-state index contributed by atoms with van der Waals surface area (Å²) in [7, 11) is 5.25. The number of rotatable bonds is 6. The Kier molecular flexibility index (Phi) is 5.17. The van der Waals surface area contributed by atoms with E-state index in [2.05, 4.69) is 22.3 Å². The third kappa shape index (κ3) is 3.39. The van der Waals surface area contributed by atoms with E-state index in [-0.39, 0.29) is 6.29 Å². The van der Waals surface area contributed by atoms with Crippen LogP contribution in [0.25, 0.3) is 0 Å². The number of methoxy groups -OCH3 is 2. The molecule has 0 fully saturated rings. The van der Waals surface area contributed by atoms with Crippen LogP contribution >= 0.6 is 11.8 Å². The van der Waals surface area contributed by atoms with Crippen molar-refractivity contribution in [3.8, 4) is 0 Å². The van der Waals surface area contributed by atoms with Crippen molar-refractivity contribution in [2.75, 3.05) is 14.2 Å². The quantitative estimate of drug-likeness (QED) is 0.605. The Morgan fingerprint density at radius 3 is 2.30 bits per heavy atom. The highest BCUT2D eigenvalue weighted by Crippen LogP contribution is 2.25. The summed E-state index contributed by atoms with van der Waals surface area (Å²) < 4.78 is 12.5. The van der Waals surface area contributed by atoms with Crippen molar-refractivity contribution in [3.05, 3.63) is 41.5 Å². The monoisotopic (exact) mass is 293 g/mol. The molecule has 0 saturated carbocycles. The van der Waals surface area contributed by atoms with Crippen LogP contribution in [0.4, 0.5) is 0 Å². The minimum Gasteiger partial charge on any atom is -0.352 e. The van der Waals surface area contributed by atoms with Crippen LogP contribution in [0, 0.1) is 6.92 Å². The molecule has 0 aliphatic carbocycles. The van der Waals surface area contributed by atoms with Gasteiger partial charge in [-0.25, -0.2) is 0 Å². The molecule has 2 aromatic rings. The summed E-state index contributed by atoms with van der Waals surface area (Å²) >= 11 is 1.73. The molecule has 0 bridgehead atoms. The molecule has 0 N–H and O–H groups in total. The molecule has 0 saturated heterocycles. The number of aryl methyl sites for hydroxylation is 1. The van der Waals surface area contributed by atoms with Crippen molar-refractivity contribution in [2.24, 2.45) is 7.05 Å². The minimum absolute atomic E-state index is 0.310. The van der Waals surface area contributed by atoms with Gasteiger partial charge in [-0.1, -0.05) is 12.1 Å². The molecular weight excluding hydrogens is 274 g/mol. The molecule has 0 aliphatic heterocycles. The van der Waals surface area contributed by atoms with Crippen LogP contribution in [-0.4, -0.2) is 29.0 Å². The van der Waals surface area contributed by atoms with E-state index < -0.39 is 0 Å². The lowest BCUT2D eigenvalue weighted by atomic mass is 10.2. The maximum absolute atomic E-state index is 5.22. The van der Waals surface area contributed by atoms with Gasteiger partial charge >= 0.3 is 0 Å². The maximum Gasteiger partial charge on any atom is 0.183 e. The molecule has 0 atom stereocenters. The number of nitrogens with zero attached hydrogens (tertiary/aromatic N) is 3. The van der Waals surface area contributed by atoms with Crippen LogP contribution < -0.4 is 0 Å². The second-order valence-corrected chi connectivity index (χ2v) is 5.43. The summed E-state index contributed by atoms with van der Waals surface area (Å²) in [5.74, 6) is 2.71. The van der Waals surface area contributed by atoms with Crippen molar-refractivity contribution in [2.45, 2.75) is 23.9 Å². The van der Waals surface area contributed by atoms with Gasteiger partial charge in [0.05, 0.1) is 5.75 Å². The molecule has 0 amide bonds. The number of hydrogen-bond donors (Lipinski definition) is 0. The molecule has 1 aromatic heterocycles. The third-order valence-electron chi connectivity index (χ3n) is 3.13. The fourth-order valence-corrected chi connectivity index (χ4v) is 2.69. The fourth-order valence-electron chi connectivity index (χ4n) is 1.81. The lowest BCUT2D eigenvalue weighted by Crippen LogP contribution is -2.03. The minimum atomic E-state index is -0.310. The Morgan fingerprint density at radius 1 is 1.15 bits per heavy atom. The van der Waals surface area contributed by atoms with Gasteiger partial charge in [-0.05, 0) is 19.1 Å². The SMILES string of the molecule is COC(OC)c1ccc(SCc2nnc(C)n2C)cc1. The Labute approximate surface area is 123 Å². The summed E-state index contributed by atoms with van der Waals surface area (Å²) in [6, 6.07) is 8.16. The molecule has 0 unspecified atom stereocenters. The Hall–Kier alpha value is -1.37. The normalized spacial score (nSPS) is 11.2. The zero-order chi connectivity index (χ0) is 14.5. The lowest BCUT2D eigenvalue weighted by Gasteiger charge is -2.13. The first-order chi connectivity index (χ1) is 9.65. The van der Waals surface area contributed by atoms with Crippen molar-refractivity contribution in [1.82, 2.24) is 14.8 Å². The highest BCUT2D eigenvalue weighted by Gasteiger charge is 2.09. The summed E-state index contributed by atoms with van der Waals surface area (Å²) in [6.07, 6.45) is -0.310. The third-order valence-corrected chi connectivity index (χ3v) is 4.14. The number of benzene rings is 1. The van der Waals surface area contributed by atoms with Gasteiger partial charge in [0.2, 0.25) is 0 Å². The van der Waals surface area contributed by atoms with Crippen LogP contribution in [0.1, 0.15) is 23.5 Å². The zero-order valence-corrected chi connectivity index (χ0v) is 13.0. The van der Waals surface area contributed by atoms with Gasteiger partial charge in [-0.3, -0.25) is 0 Å². The summed E-state index contributed by atoms with van der Waals surface area (Å²) in [6.45, 7) is 1.95. The maximum atomic E-state index is 5.22. The summed E-state index contributed by atoms with van der Waals surface area (Å²) in [4.78, 5) is 1.18. The molecule has 1 heterocycles. The average molecular weight is 293 g/mol. The van der Waals surface area contributed by atoms with E-state index in [9.17, 15) is 0 Å². The number of aromatic nitrogens is 3. The van der Waals surface area contributed by atoms with Crippen molar-refractivity contribution in [3.63, 3.8) is 0 Å². The van der Waals surface area contributed by atoms with Crippen LogP contribution in [0.3, 0.4) is 0 Å². The smallest absolute Gasteiger partial charge is 0.183 e. The molecule has 1 aromatic carbocycles. The van der Waals surface area contributed by atoms with Crippen molar-refractivity contribution >= 4 is 11.8 Å². The predicted molar refractivity (Wildman–Crippen MR) is 78.5 cm³/mol. The standard InChI is InChI=1S/C14H19N3O2S/c1-10-15-16-13(17(10)2)9-20-12-7-5-11(6-8-12)14(18-3)19-4/h5-8,14H,9H2,1-4H3. The van der Waals surface area contributed by atoms with Gasteiger partial charge in [-0.15, -0.1) is 22.0 Å². The second-order valence-electron chi connectivity index (χ2n) is 4.38. The van der Waals surface area contributed by atoms with E-state index >= 15 is 0 Å². The molecule has 5 nitrogen and oxygen atoms in total. The van der Waals surface area contributed by atoms with Gasteiger partial charge in [0.25, 0.3) is 0 Å². The van der Waals surface area contributed by atoms with E-state index in [1.165, 1.54) is 4.90 Å². The van der Waals surface area contributed by atoms with Crippen molar-refractivity contribution < 1.29 is 9.47 Å². The zero-order valence-electron chi connectivity index (χ0n) is 12.2. The predicted octanol–water partition coefficient (Wildman–Crippen LogP) is 2.71. The van der Waals surface area contributed by atoms with E-state index in [0.717, 1.165) is 23.0 Å². The van der Waals surface area contributed by atoms with Gasteiger partial charge in [-0.2, -0.15) is 0 Å². The van der Waals surface area contributed by atoms with Gasteiger partial charge < -0.3 is 14.0 Å².